The molecule has 2 aliphatic rings. The fraction of sp³-hybridized carbons (Fsp3) is 0.250. The number of thioether (sulfide) groups is 1. The van der Waals surface area contributed by atoms with Gasteiger partial charge < -0.3 is 20.5 Å². The molecule has 1 unspecified atom stereocenters. The van der Waals surface area contributed by atoms with Crippen LogP contribution in [-0.2, 0) is 9.59 Å². The van der Waals surface area contributed by atoms with Crippen molar-refractivity contribution in [1.82, 2.24) is 10.2 Å². The maximum Gasteiger partial charge on any atom is 0.234 e. The molecular formula is C28H25FN6O4S2. The molecule has 1 aliphatic heterocycles. The zero-order valence-electron chi connectivity index (χ0n) is 22.1. The lowest BCUT2D eigenvalue weighted by molar-refractivity contribution is -0.116. The molecule has 0 spiro atoms. The topological polar surface area (TPSA) is 143 Å². The Labute approximate surface area is 243 Å². The molecule has 1 atom stereocenters. The Hall–Kier alpha value is -4.41. The molecule has 13 heteroatoms. The molecule has 210 valence electrons. The van der Waals surface area contributed by atoms with E-state index in [1.807, 2.05) is 0 Å². The molecule has 41 heavy (non-hydrogen) atoms. The Morgan fingerprint density at radius 1 is 1.20 bits per heavy atom. The average molecular weight is 593 g/mol. The number of hydrogen-bond donors (Lipinski definition) is 2. The van der Waals surface area contributed by atoms with Crippen molar-refractivity contribution in [3.8, 4) is 17.6 Å². The van der Waals surface area contributed by atoms with Crippen LogP contribution < -0.4 is 25.4 Å². The minimum absolute atomic E-state index is 0.0663. The molecule has 5 rings (SSSR count). The van der Waals surface area contributed by atoms with Crippen LogP contribution in [0.3, 0.4) is 0 Å². The lowest BCUT2D eigenvalue weighted by Crippen LogP contribution is -2.38. The largest absolute Gasteiger partial charge is 0.493 e. The number of nitrogens with two attached hydrogens (primary N) is 1. The average Bonchev–Trinajstić information content (AvgIpc) is 3.44. The van der Waals surface area contributed by atoms with Crippen molar-refractivity contribution >= 4 is 45.6 Å². The number of rotatable bonds is 8. The summed E-state index contributed by atoms with van der Waals surface area (Å²) in [5.74, 6) is -0.194. The number of anilines is 2. The monoisotopic (exact) mass is 592 g/mol. The maximum absolute atomic E-state index is 13.6. The first kappa shape index (κ1) is 28.1. The van der Waals surface area contributed by atoms with E-state index in [4.69, 9.17) is 15.2 Å². The van der Waals surface area contributed by atoms with Crippen molar-refractivity contribution in [3.63, 3.8) is 0 Å². The van der Waals surface area contributed by atoms with Crippen molar-refractivity contribution in [3.05, 3.63) is 76.5 Å². The number of amides is 1. The summed E-state index contributed by atoms with van der Waals surface area (Å²) in [6, 6.07) is 13.0. The van der Waals surface area contributed by atoms with Crippen LogP contribution in [0, 0.1) is 17.1 Å². The Balaban J connectivity index is 1.37. The first-order valence-corrected chi connectivity index (χ1v) is 14.3. The molecule has 0 saturated carbocycles. The van der Waals surface area contributed by atoms with Gasteiger partial charge in [0.25, 0.3) is 0 Å². The molecule has 10 nitrogen and oxygen atoms in total. The lowest BCUT2D eigenvalue weighted by atomic mass is 9.76. The second-order valence-corrected chi connectivity index (χ2v) is 11.3. The third kappa shape index (κ3) is 5.61. The first-order valence-electron chi connectivity index (χ1n) is 12.5. The molecule has 3 N–H and O–H groups in total. The van der Waals surface area contributed by atoms with Crippen molar-refractivity contribution < 1.29 is 23.5 Å². The van der Waals surface area contributed by atoms with Crippen LogP contribution in [0.25, 0.3) is 0 Å². The summed E-state index contributed by atoms with van der Waals surface area (Å²) < 4.78 is 24.7. The standard InChI is InChI=1S/C28H25FN6O4S2/c1-38-21-11-10-17(12-22(21)39-2)32-23(37)14-40-28-34-33-27(41-28)35-19-4-3-5-20(36)25(19)24(18(13-30)26(35)31)15-6-8-16(29)9-7-15/h6-12,24H,3-5,14,31H2,1-2H3,(H,32,37). The summed E-state index contributed by atoms with van der Waals surface area (Å²) in [5, 5.41) is 21.8. The molecule has 2 heterocycles. The number of ketones is 1. The molecule has 0 bridgehead atoms. The highest BCUT2D eigenvalue weighted by molar-refractivity contribution is 8.01. The minimum atomic E-state index is -0.693. The number of hydrogen-bond acceptors (Lipinski definition) is 11. The Morgan fingerprint density at radius 3 is 2.66 bits per heavy atom. The highest BCUT2D eigenvalue weighted by Gasteiger charge is 2.41. The fourth-order valence-corrected chi connectivity index (χ4v) is 6.56. The van der Waals surface area contributed by atoms with Crippen LogP contribution in [0.2, 0.25) is 0 Å². The van der Waals surface area contributed by atoms with Gasteiger partial charge in [0, 0.05) is 29.4 Å². The van der Waals surface area contributed by atoms with E-state index in [1.165, 1.54) is 49.5 Å². The van der Waals surface area contributed by atoms with E-state index in [2.05, 4.69) is 21.6 Å². The second-order valence-electron chi connectivity index (χ2n) is 9.12. The number of carbonyl (C=O) groups excluding carboxylic acids is 2. The van der Waals surface area contributed by atoms with Gasteiger partial charge in [0.2, 0.25) is 11.0 Å². The van der Waals surface area contributed by atoms with Gasteiger partial charge >= 0.3 is 0 Å². The summed E-state index contributed by atoms with van der Waals surface area (Å²) in [6.45, 7) is 0. The van der Waals surface area contributed by atoms with Crippen LogP contribution >= 0.6 is 23.1 Å². The normalized spacial score (nSPS) is 16.8. The number of nitrogens with zero attached hydrogens (tertiary/aromatic N) is 4. The van der Waals surface area contributed by atoms with Gasteiger partial charge in [0.05, 0.1) is 37.5 Å². The van der Waals surface area contributed by atoms with Gasteiger partial charge in [0.1, 0.15) is 11.6 Å². The maximum atomic E-state index is 13.6. The second kappa shape index (κ2) is 12.0. The third-order valence-corrected chi connectivity index (χ3v) is 8.74. The van der Waals surface area contributed by atoms with E-state index in [0.717, 1.165) is 0 Å². The summed E-state index contributed by atoms with van der Waals surface area (Å²) in [5.41, 5.74) is 9.03. The number of nitrogens with one attached hydrogen (secondary N) is 1. The first-order chi connectivity index (χ1) is 19.8. The number of carbonyl (C=O) groups is 2. The number of aromatic nitrogens is 2. The van der Waals surface area contributed by atoms with Gasteiger partial charge in [0.15, 0.2) is 21.6 Å². The number of methoxy groups -OCH3 is 2. The van der Waals surface area contributed by atoms with Crippen LogP contribution in [0.15, 0.2) is 69.5 Å². The lowest BCUT2D eigenvalue weighted by Gasteiger charge is -2.38. The van der Waals surface area contributed by atoms with E-state index < -0.39 is 11.7 Å². The Morgan fingerprint density at radius 2 is 1.95 bits per heavy atom. The highest BCUT2D eigenvalue weighted by atomic mass is 32.2. The van der Waals surface area contributed by atoms with E-state index in [1.54, 1.807) is 35.2 Å². The number of Topliss-reactive ketones (excluding diaryl/α,β-unsaturated/α-hetero) is 1. The molecule has 0 radical (unpaired) electrons. The minimum Gasteiger partial charge on any atom is -0.493 e. The van der Waals surface area contributed by atoms with Crippen molar-refractivity contribution in [2.45, 2.75) is 29.5 Å². The van der Waals surface area contributed by atoms with Crippen LogP contribution in [0.4, 0.5) is 15.2 Å². The van der Waals surface area contributed by atoms with E-state index in [9.17, 15) is 19.2 Å². The predicted molar refractivity (Wildman–Crippen MR) is 153 cm³/mol. The summed E-state index contributed by atoms with van der Waals surface area (Å²) in [7, 11) is 3.05. The highest BCUT2D eigenvalue weighted by Crippen LogP contribution is 2.47. The van der Waals surface area contributed by atoms with Crippen molar-refractivity contribution in [1.29, 1.82) is 5.26 Å². The number of nitriles is 1. The van der Waals surface area contributed by atoms with Gasteiger partial charge in [-0.05, 0) is 42.7 Å². The zero-order chi connectivity index (χ0) is 29.1. The number of allylic oxidation sites excluding steroid dienone is 3. The van der Waals surface area contributed by atoms with E-state index in [-0.39, 0.29) is 28.8 Å². The van der Waals surface area contributed by atoms with Gasteiger partial charge in [-0.3, -0.25) is 14.5 Å². The zero-order valence-corrected chi connectivity index (χ0v) is 23.8. The predicted octanol–water partition coefficient (Wildman–Crippen LogP) is 4.73. The van der Waals surface area contributed by atoms with E-state index >= 15 is 0 Å². The van der Waals surface area contributed by atoms with E-state index in [0.29, 0.717) is 62.8 Å². The molecular weight excluding hydrogens is 567 g/mol. The summed E-state index contributed by atoms with van der Waals surface area (Å²) >= 11 is 2.40. The van der Waals surface area contributed by atoms with Crippen LogP contribution in [0.1, 0.15) is 30.7 Å². The smallest absolute Gasteiger partial charge is 0.234 e. The molecule has 0 fully saturated rings. The third-order valence-electron chi connectivity index (χ3n) is 6.70. The van der Waals surface area contributed by atoms with Crippen LogP contribution in [0.5, 0.6) is 11.5 Å². The number of benzene rings is 2. The molecule has 1 aromatic heterocycles. The van der Waals surface area contributed by atoms with Crippen molar-refractivity contribution in [2.24, 2.45) is 5.73 Å². The Bertz CT molecular complexity index is 1610. The van der Waals surface area contributed by atoms with Gasteiger partial charge in [-0.2, -0.15) is 5.26 Å². The molecule has 3 aromatic rings. The number of halogens is 1. The van der Waals surface area contributed by atoms with Gasteiger partial charge in [-0.25, -0.2) is 4.39 Å². The number of ether oxygens (including phenoxy) is 2. The van der Waals surface area contributed by atoms with Crippen LogP contribution in [-0.4, -0.2) is 41.9 Å². The fourth-order valence-electron chi connectivity index (χ4n) is 4.88. The molecule has 1 amide bonds. The van der Waals surface area contributed by atoms with Crippen molar-refractivity contribution in [2.75, 3.05) is 30.2 Å². The molecule has 2 aromatic carbocycles. The van der Waals surface area contributed by atoms with Gasteiger partial charge in [-0.1, -0.05) is 35.2 Å². The summed E-state index contributed by atoms with van der Waals surface area (Å²) in [6.07, 6.45) is 1.51. The van der Waals surface area contributed by atoms with Gasteiger partial charge in [-0.15, -0.1) is 10.2 Å². The Kier molecular flexibility index (Phi) is 8.23. The quantitative estimate of drug-likeness (QED) is 0.352. The molecule has 0 saturated heterocycles. The summed E-state index contributed by atoms with van der Waals surface area (Å²) in [4.78, 5) is 27.4. The molecule has 1 aliphatic carbocycles. The SMILES string of the molecule is COc1ccc(NC(=O)CSc2nnc(N3C(N)=C(C#N)C(c4ccc(F)cc4)C4=C3CCCC4=O)s2)cc1OC.